The van der Waals surface area contributed by atoms with E-state index in [1.807, 2.05) is 41.8 Å². The molecule has 4 aromatic rings. The van der Waals surface area contributed by atoms with Crippen LogP contribution in [0.2, 0.25) is 5.02 Å². The topological polar surface area (TPSA) is 95.3 Å². The maximum absolute atomic E-state index is 12.9. The number of thioether (sulfide) groups is 1. The molecule has 2 aromatic carbocycles. The lowest BCUT2D eigenvalue weighted by molar-refractivity contribution is -0.113. The fourth-order valence-corrected chi connectivity index (χ4v) is 5.67. The number of rotatable bonds is 11. The van der Waals surface area contributed by atoms with Gasteiger partial charge in [-0.05, 0) is 36.8 Å². The maximum Gasteiger partial charge on any atom is 0.341 e. The highest BCUT2D eigenvalue weighted by atomic mass is 35.5. The molecule has 0 atom stereocenters. The van der Waals surface area contributed by atoms with Crippen LogP contribution in [0.5, 0.6) is 5.75 Å². The SMILES string of the molecule is C=CCn1c(COc2ccc(Cl)cc2)nnc1SCC(=O)Nc1sc(C)c(-c2ccccc2)c1C(=O)OC. The van der Waals surface area contributed by atoms with Crippen LogP contribution < -0.4 is 10.1 Å². The summed E-state index contributed by atoms with van der Waals surface area (Å²) in [6, 6.07) is 16.6. The highest BCUT2D eigenvalue weighted by Gasteiger charge is 2.25. The molecule has 11 heteroatoms. The quantitative estimate of drug-likeness (QED) is 0.130. The molecule has 1 amide bonds. The van der Waals surface area contributed by atoms with Crippen LogP contribution in [0, 0.1) is 6.92 Å². The largest absolute Gasteiger partial charge is 0.486 e. The Kier molecular flexibility index (Phi) is 9.22. The number of aromatic nitrogens is 3. The standard InChI is InChI=1S/C27H25ClN4O4S2/c1-4-14-32-21(15-36-20-12-10-19(28)11-13-20)30-31-27(32)37-16-22(33)29-25-24(26(34)35-3)23(17(2)38-25)18-8-6-5-7-9-18/h4-13H,1,14-16H2,2-3H3,(H,29,33). The zero-order valence-corrected chi connectivity index (χ0v) is 23.2. The number of hydrogen-bond acceptors (Lipinski definition) is 8. The van der Waals surface area contributed by atoms with Crippen LogP contribution in [0.4, 0.5) is 5.00 Å². The van der Waals surface area contributed by atoms with E-state index in [1.165, 1.54) is 30.2 Å². The van der Waals surface area contributed by atoms with E-state index in [2.05, 4.69) is 22.1 Å². The Bertz CT molecular complexity index is 1440. The second kappa shape index (κ2) is 12.8. The number of nitrogens with one attached hydrogen (secondary N) is 1. The number of anilines is 1. The molecule has 0 aliphatic heterocycles. The van der Waals surface area contributed by atoms with Crippen molar-refractivity contribution < 1.29 is 19.1 Å². The maximum atomic E-state index is 12.9. The van der Waals surface area contributed by atoms with Gasteiger partial charge in [0, 0.05) is 22.0 Å². The molecule has 0 radical (unpaired) electrons. The van der Waals surface area contributed by atoms with E-state index in [-0.39, 0.29) is 18.3 Å². The van der Waals surface area contributed by atoms with Crippen LogP contribution >= 0.6 is 34.7 Å². The number of thiophene rings is 1. The summed E-state index contributed by atoms with van der Waals surface area (Å²) in [7, 11) is 1.33. The van der Waals surface area contributed by atoms with Crippen molar-refractivity contribution in [1.82, 2.24) is 14.8 Å². The molecule has 0 saturated carbocycles. The van der Waals surface area contributed by atoms with E-state index >= 15 is 0 Å². The summed E-state index contributed by atoms with van der Waals surface area (Å²) in [5.41, 5.74) is 1.97. The minimum Gasteiger partial charge on any atom is -0.486 e. The van der Waals surface area contributed by atoms with Gasteiger partial charge in [-0.1, -0.05) is 59.8 Å². The van der Waals surface area contributed by atoms with Gasteiger partial charge >= 0.3 is 5.97 Å². The molecule has 8 nitrogen and oxygen atoms in total. The average molecular weight is 569 g/mol. The van der Waals surface area contributed by atoms with Gasteiger partial charge in [-0.2, -0.15) is 0 Å². The summed E-state index contributed by atoms with van der Waals surface area (Å²) in [5, 5.41) is 13.0. The van der Waals surface area contributed by atoms with Crippen LogP contribution in [0.1, 0.15) is 21.1 Å². The number of nitrogens with zero attached hydrogens (tertiary/aromatic N) is 3. The van der Waals surface area contributed by atoms with Crippen LogP contribution in [0.15, 0.2) is 72.4 Å². The number of allylic oxidation sites excluding steroid dienone is 1. The predicted octanol–water partition coefficient (Wildman–Crippen LogP) is 6.25. The van der Waals surface area contributed by atoms with Gasteiger partial charge in [0.1, 0.15) is 22.9 Å². The van der Waals surface area contributed by atoms with Crippen molar-refractivity contribution in [3.8, 4) is 16.9 Å². The first-order chi connectivity index (χ1) is 18.4. The van der Waals surface area contributed by atoms with E-state index in [9.17, 15) is 9.59 Å². The van der Waals surface area contributed by atoms with Gasteiger partial charge in [0.25, 0.3) is 0 Å². The highest BCUT2D eigenvalue weighted by Crippen LogP contribution is 2.40. The molecule has 2 aromatic heterocycles. The number of amides is 1. The lowest BCUT2D eigenvalue weighted by atomic mass is 10.0. The minimum atomic E-state index is -0.507. The lowest BCUT2D eigenvalue weighted by Gasteiger charge is -2.10. The summed E-state index contributed by atoms with van der Waals surface area (Å²) < 4.78 is 12.7. The molecule has 1 N–H and O–H groups in total. The minimum absolute atomic E-state index is 0.0611. The predicted molar refractivity (Wildman–Crippen MR) is 151 cm³/mol. The van der Waals surface area contributed by atoms with E-state index in [0.29, 0.717) is 38.9 Å². The third kappa shape index (κ3) is 6.45. The normalized spacial score (nSPS) is 10.7. The van der Waals surface area contributed by atoms with E-state index < -0.39 is 5.97 Å². The molecule has 0 bridgehead atoms. The van der Waals surface area contributed by atoms with Crippen molar-refractivity contribution in [3.05, 3.63) is 88.5 Å². The van der Waals surface area contributed by atoms with Crippen LogP contribution in [0.25, 0.3) is 11.1 Å². The molecule has 0 aliphatic carbocycles. The summed E-state index contributed by atoms with van der Waals surface area (Å²) >= 11 is 8.50. The van der Waals surface area contributed by atoms with Gasteiger partial charge < -0.3 is 14.8 Å². The molecular formula is C27H25ClN4O4S2. The first-order valence-corrected chi connectivity index (χ1v) is 13.7. The molecule has 196 valence electrons. The smallest absolute Gasteiger partial charge is 0.341 e. The van der Waals surface area contributed by atoms with Crippen LogP contribution in [-0.4, -0.2) is 39.5 Å². The first-order valence-electron chi connectivity index (χ1n) is 11.5. The number of esters is 1. The Balaban J connectivity index is 1.46. The molecule has 0 unspecified atom stereocenters. The summed E-state index contributed by atoms with van der Waals surface area (Å²) in [6.45, 7) is 6.36. The number of carbonyl (C=O) groups excluding carboxylic acids is 2. The number of aryl methyl sites for hydroxylation is 1. The number of halogens is 1. The van der Waals surface area contributed by atoms with Crippen LogP contribution in [0.3, 0.4) is 0 Å². The summed E-state index contributed by atoms with van der Waals surface area (Å²) in [5.74, 6) is 0.516. The molecule has 2 heterocycles. The zero-order chi connectivity index (χ0) is 27.1. The van der Waals surface area contributed by atoms with E-state index in [4.69, 9.17) is 21.1 Å². The van der Waals surface area contributed by atoms with Gasteiger partial charge in [-0.25, -0.2) is 4.79 Å². The summed E-state index contributed by atoms with van der Waals surface area (Å²) in [6.07, 6.45) is 1.72. The second-order valence-corrected chi connectivity index (χ2v) is 10.6. The number of ether oxygens (including phenoxy) is 2. The average Bonchev–Trinajstić information content (AvgIpc) is 3.46. The second-order valence-electron chi connectivity index (χ2n) is 7.97. The Morgan fingerprint density at radius 2 is 1.89 bits per heavy atom. The van der Waals surface area contributed by atoms with E-state index in [0.717, 1.165) is 16.0 Å². The van der Waals surface area contributed by atoms with Crippen LogP contribution in [-0.2, 0) is 22.7 Å². The molecule has 0 fully saturated rings. The van der Waals surface area contributed by atoms with Crippen molar-refractivity contribution >= 4 is 51.6 Å². The number of benzene rings is 2. The van der Waals surface area contributed by atoms with Crippen molar-refractivity contribution in [3.63, 3.8) is 0 Å². The Morgan fingerprint density at radius 1 is 1.16 bits per heavy atom. The highest BCUT2D eigenvalue weighted by molar-refractivity contribution is 7.99. The number of methoxy groups -OCH3 is 1. The third-order valence-corrected chi connectivity index (χ3v) is 7.65. The van der Waals surface area contributed by atoms with Crippen molar-refractivity contribution in [2.24, 2.45) is 0 Å². The molecule has 4 rings (SSSR count). The van der Waals surface area contributed by atoms with Gasteiger partial charge in [-0.3, -0.25) is 9.36 Å². The van der Waals surface area contributed by atoms with Gasteiger partial charge in [0.2, 0.25) is 5.91 Å². The van der Waals surface area contributed by atoms with Gasteiger partial charge in [-0.15, -0.1) is 28.1 Å². The first kappa shape index (κ1) is 27.4. The Morgan fingerprint density at radius 3 is 2.58 bits per heavy atom. The van der Waals surface area contributed by atoms with Gasteiger partial charge in [0.05, 0.1) is 12.9 Å². The molecule has 38 heavy (non-hydrogen) atoms. The Hall–Kier alpha value is -3.60. The van der Waals surface area contributed by atoms with Gasteiger partial charge in [0.15, 0.2) is 11.0 Å². The number of carbonyl (C=O) groups is 2. The molecule has 0 saturated heterocycles. The van der Waals surface area contributed by atoms with Crippen molar-refractivity contribution in [2.75, 3.05) is 18.2 Å². The fourth-order valence-electron chi connectivity index (χ4n) is 3.70. The molecular weight excluding hydrogens is 544 g/mol. The zero-order valence-electron chi connectivity index (χ0n) is 20.8. The monoisotopic (exact) mass is 568 g/mol. The lowest BCUT2D eigenvalue weighted by Crippen LogP contribution is -2.16. The van der Waals surface area contributed by atoms with Crippen molar-refractivity contribution in [1.29, 1.82) is 0 Å². The third-order valence-electron chi connectivity index (χ3n) is 5.41. The molecule has 0 spiro atoms. The Labute approximate surface area is 233 Å². The number of hydrogen-bond donors (Lipinski definition) is 1. The van der Waals surface area contributed by atoms with Crippen molar-refractivity contribution in [2.45, 2.75) is 25.2 Å². The molecule has 0 aliphatic rings. The fraction of sp³-hybridized carbons (Fsp3) is 0.185. The van der Waals surface area contributed by atoms with E-state index in [1.54, 1.807) is 30.3 Å². The summed E-state index contributed by atoms with van der Waals surface area (Å²) in [4.78, 5) is 26.5.